The highest BCUT2D eigenvalue weighted by Gasteiger charge is 2.10. The van der Waals surface area contributed by atoms with Gasteiger partial charge in [-0.2, -0.15) is 0 Å². The van der Waals surface area contributed by atoms with Gasteiger partial charge in [-0.1, -0.05) is 0 Å². The van der Waals surface area contributed by atoms with Crippen LogP contribution in [0.3, 0.4) is 0 Å². The highest BCUT2D eigenvalue weighted by atomic mass is 16.2. The number of rotatable bonds is 1. The van der Waals surface area contributed by atoms with E-state index in [9.17, 15) is 4.79 Å². The van der Waals surface area contributed by atoms with Gasteiger partial charge >= 0.3 is 0 Å². The van der Waals surface area contributed by atoms with Crippen molar-refractivity contribution in [2.45, 2.75) is 6.92 Å². The minimum absolute atomic E-state index is 0.0619. The molecule has 0 radical (unpaired) electrons. The maximum absolute atomic E-state index is 11.4. The number of hydrogen-bond acceptors (Lipinski definition) is 3. The molecule has 0 aliphatic heterocycles. The molecule has 0 fully saturated rings. The topological polar surface area (TPSA) is 46.1 Å². The van der Waals surface area contributed by atoms with Crippen LogP contribution in [0.1, 0.15) is 16.1 Å². The van der Waals surface area contributed by atoms with E-state index in [2.05, 4.69) is 9.97 Å². The van der Waals surface area contributed by atoms with Gasteiger partial charge in [-0.05, 0) is 6.92 Å². The average molecular weight is 165 g/mol. The van der Waals surface area contributed by atoms with Gasteiger partial charge in [-0.3, -0.25) is 4.79 Å². The molecule has 0 aromatic carbocycles. The summed E-state index contributed by atoms with van der Waals surface area (Å²) in [5, 5.41) is 0. The lowest BCUT2D eigenvalue weighted by Crippen LogP contribution is -2.23. The number of nitrogens with zero attached hydrogens (tertiary/aromatic N) is 3. The Morgan fingerprint density at radius 1 is 1.50 bits per heavy atom. The molecule has 0 saturated heterocycles. The van der Waals surface area contributed by atoms with E-state index < -0.39 is 0 Å². The summed E-state index contributed by atoms with van der Waals surface area (Å²) in [4.78, 5) is 20.6. The number of aromatic nitrogens is 2. The van der Waals surface area contributed by atoms with E-state index >= 15 is 0 Å². The lowest BCUT2D eigenvalue weighted by molar-refractivity contribution is 0.0826. The first kappa shape index (κ1) is 8.64. The minimum Gasteiger partial charge on any atom is -0.345 e. The second kappa shape index (κ2) is 3.30. The molecule has 0 bridgehead atoms. The molecule has 0 N–H and O–H groups in total. The molecule has 1 aromatic heterocycles. The van der Waals surface area contributed by atoms with Crippen molar-refractivity contribution < 1.29 is 4.79 Å². The lowest BCUT2D eigenvalue weighted by Gasteiger charge is -2.10. The van der Waals surface area contributed by atoms with Crippen LogP contribution >= 0.6 is 0 Å². The smallest absolute Gasteiger partial charge is 0.256 e. The van der Waals surface area contributed by atoms with Crippen molar-refractivity contribution in [2.24, 2.45) is 0 Å². The molecular weight excluding hydrogens is 154 g/mol. The maximum atomic E-state index is 11.4. The molecule has 1 aromatic rings. The Hall–Kier alpha value is -1.45. The van der Waals surface area contributed by atoms with E-state index in [1.54, 1.807) is 21.0 Å². The molecule has 1 heterocycles. The molecule has 0 atom stereocenters. The van der Waals surface area contributed by atoms with Gasteiger partial charge in [0.2, 0.25) is 0 Å². The van der Waals surface area contributed by atoms with Crippen molar-refractivity contribution in [2.75, 3.05) is 14.1 Å². The molecule has 4 nitrogen and oxygen atoms in total. The largest absolute Gasteiger partial charge is 0.345 e. The maximum Gasteiger partial charge on any atom is 0.256 e. The van der Waals surface area contributed by atoms with Crippen LogP contribution in [0.4, 0.5) is 0 Å². The van der Waals surface area contributed by atoms with Gasteiger partial charge in [-0.15, -0.1) is 0 Å². The molecule has 0 aliphatic carbocycles. The summed E-state index contributed by atoms with van der Waals surface area (Å²) in [5.41, 5.74) is 1.27. The van der Waals surface area contributed by atoms with Crippen LogP contribution < -0.4 is 0 Å². The molecule has 0 saturated carbocycles. The zero-order valence-corrected chi connectivity index (χ0v) is 7.40. The summed E-state index contributed by atoms with van der Waals surface area (Å²) < 4.78 is 0. The molecular formula is C8H11N3O. The summed E-state index contributed by atoms with van der Waals surface area (Å²) in [6.45, 7) is 1.79. The van der Waals surface area contributed by atoms with Crippen LogP contribution in [-0.4, -0.2) is 34.9 Å². The quantitative estimate of drug-likeness (QED) is 0.608. The van der Waals surface area contributed by atoms with Crippen LogP contribution in [0.15, 0.2) is 12.5 Å². The zero-order chi connectivity index (χ0) is 9.14. The highest BCUT2D eigenvalue weighted by Crippen LogP contribution is 2.03. The van der Waals surface area contributed by atoms with Gasteiger partial charge in [-0.25, -0.2) is 9.97 Å². The summed E-state index contributed by atoms with van der Waals surface area (Å²) in [6.07, 6.45) is 2.96. The second-order valence-corrected chi connectivity index (χ2v) is 2.72. The van der Waals surface area contributed by atoms with Gasteiger partial charge in [0.05, 0.1) is 11.3 Å². The predicted molar refractivity (Wildman–Crippen MR) is 44.8 cm³/mol. The molecule has 4 heteroatoms. The second-order valence-electron chi connectivity index (χ2n) is 2.72. The lowest BCUT2D eigenvalue weighted by atomic mass is 10.2. The Morgan fingerprint density at radius 3 is 2.67 bits per heavy atom. The van der Waals surface area contributed by atoms with Crippen molar-refractivity contribution in [1.29, 1.82) is 0 Å². The fraction of sp³-hybridized carbons (Fsp3) is 0.375. The normalized spacial score (nSPS) is 9.58. The van der Waals surface area contributed by atoms with Gasteiger partial charge in [0.15, 0.2) is 0 Å². The monoisotopic (exact) mass is 165 g/mol. The van der Waals surface area contributed by atoms with Crippen molar-refractivity contribution in [3.05, 3.63) is 23.8 Å². The Bertz CT molecular complexity index is 296. The van der Waals surface area contributed by atoms with E-state index in [4.69, 9.17) is 0 Å². The van der Waals surface area contributed by atoms with Gasteiger partial charge in [0, 0.05) is 20.3 Å². The van der Waals surface area contributed by atoms with Crippen molar-refractivity contribution in [3.63, 3.8) is 0 Å². The number of carbonyl (C=O) groups is 1. The van der Waals surface area contributed by atoms with Crippen LogP contribution in [0.5, 0.6) is 0 Å². The molecule has 0 spiro atoms. The van der Waals surface area contributed by atoms with Gasteiger partial charge < -0.3 is 4.90 Å². The van der Waals surface area contributed by atoms with Gasteiger partial charge in [0.25, 0.3) is 5.91 Å². The van der Waals surface area contributed by atoms with Gasteiger partial charge in [0.1, 0.15) is 6.33 Å². The minimum atomic E-state index is -0.0619. The summed E-state index contributed by atoms with van der Waals surface area (Å²) in [6, 6.07) is 0. The van der Waals surface area contributed by atoms with Crippen LogP contribution in [-0.2, 0) is 0 Å². The first-order chi connectivity index (χ1) is 5.63. The molecule has 1 rings (SSSR count). The first-order valence-corrected chi connectivity index (χ1v) is 3.61. The van der Waals surface area contributed by atoms with E-state index in [1.165, 1.54) is 17.4 Å². The van der Waals surface area contributed by atoms with E-state index in [0.29, 0.717) is 11.3 Å². The third-order valence-corrected chi connectivity index (χ3v) is 1.55. The number of carbonyl (C=O) groups excluding carboxylic acids is 1. The third kappa shape index (κ3) is 1.58. The number of hydrogen-bond donors (Lipinski definition) is 0. The Morgan fingerprint density at radius 2 is 2.17 bits per heavy atom. The molecule has 0 unspecified atom stereocenters. The summed E-state index contributed by atoms with van der Waals surface area (Å²) >= 11 is 0. The predicted octanol–water partition coefficient (Wildman–Crippen LogP) is 0.487. The fourth-order valence-electron chi connectivity index (χ4n) is 0.842. The third-order valence-electron chi connectivity index (χ3n) is 1.55. The molecule has 12 heavy (non-hydrogen) atoms. The van der Waals surface area contributed by atoms with Crippen LogP contribution in [0.2, 0.25) is 0 Å². The Balaban J connectivity index is 3.03. The number of aryl methyl sites for hydroxylation is 1. The Labute approximate surface area is 71.3 Å². The van der Waals surface area contributed by atoms with Crippen LogP contribution in [0.25, 0.3) is 0 Å². The van der Waals surface area contributed by atoms with E-state index in [-0.39, 0.29) is 5.91 Å². The number of amides is 1. The van der Waals surface area contributed by atoms with Crippen molar-refractivity contribution in [1.82, 2.24) is 14.9 Å². The molecule has 1 amide bonds. The van der Waals surface area contributed by atoms with Crippen molar-refractivity contribution in [3.8, 4) is 0 Å². The fourth-order valence-corrected chi connectivity index (χ4v) is 0.842. The van der Waals surface area contributed by atoms with Crippen molar-refractivity contribution >= 4 is 5.91 Å². The SMILES string of the molecule is Cc1ncncc1C(=O)N(C)C. The average Bonchev–Trinajstić information content (AvgIpc) is 2.04. The summed E-state index contributed by atoms with van der Waals surface area (Å²) in [7, 11) is 3.41. The van der Waals surface area contributed by atoms with E-state index in [1.807, 2.05) is 0 Å². The van der Waals surface area contributed by atoms with E-state index in [0.717, 1.165) is 0 Å². The Kier molecular flexibility index (Phi) is 2.38. The summed E-state index contributed by atoms with van der Waals surface area (Å²) in [5.74, 6) is -0.0619. The molecule has 64 valence electrons. The van der Waals surface area contributed by atoms with Crippen LogP contribution in [0, 0.1) is 6.92 Å². The standard InChI is InChI=1S/C8H11N3O/c1-6-7(4-9-5-10-6)8(12)11(2)3/h4-5H,1-3H3. The zero-order valence-electron chi connectivity index (χ0n) is 7.40. The highest BCUT2D eigenvalue weighted by molar-refractivity contribution is 5.94. The first-order valence-electron chi connectivity index (χ1n) is 3.61. The molecule has 0 aliphatic rings.